The first-order valence-corrected chi connectivity index (χ1v) is 8.48. The SMILES string of the molecule is O=C(C(c1ccccc1)c1ccccc1)N1CCOc2ccccc21. The number of nitrogens with zero attached hydrogens (tertiary/aromatic N) is 1. The lowest BCUT2D eigenvalue weighted by Crippen LogP contribution is -2.41. The van der Waals surface area contributed by atoms with Gasteiger partial charge < -0.3 is 9.64 Å². The Balaban J connectivity index is 1.77. The minimum atomic E-state index is -0.325. The van der Waals surface area contributed by atoms with Gasteiger partial charge in [-0.1, -0.05) is 72.8 Å². The molecule has 0 bridgehead atoms. The van der Waals surface area contributed by atoms with Gasteiger partial charge in [0.15, 0.2) is 0 Å². The maximum atomic E-state index is 13.5. The van der Waals surface area contributed by atoms with Crippen LogP contribution >= 0.6 is 0 Å². The van der Waals surface area contributed by atoms with Crippen molar-refractivity contribution in [3.05, 3.63) is 96.1 Å². The van der Waals surface area contributed by atoms with Crippen molar-refractivity contribution in [3.8, 4) is 5.75 Å². The average molecular weight is 329 g/mol. The molecule has 1 aliphatic heterocycles. The van der Waals surface area contributed by atoms with E-state index in [1.54, 1.807) is 0 Å². The van der Waals surface area contributed by atoms with Crippen LogP contribution in [0.4, 0.5) is 5.69 Å². The molecule has 25 heavy (non-hydrogen) atoms. The van der Waals surface area contributed by atoms with Gasteiger partial charge in [0.05, 0.1) is 18.2 Å². The zero-order chi connectivity index (χ0) is 17.1. The molecule has 1 amide bonds. The van der Waals surface area contributed by atoms with Gasteiger partial charge in [0, 0.05) is 0 Å². The number of amides is 1. The van der Waals surface area contributed by atoms with Crippen molar-refractivity contribution in [2.45, 2.75) is 5.92 Å². The predicted octanol–water partition coefficient (Wildman–Crippen LogP) is 4.24. The van der Waals surface area contributed by atoms with Gasteiger partial charge in [0.1, 0.15) is 12.4 Å². The van der Waals surface area contributed by atoms with Crippen molar-refractivity contribution in [2.75, 3.05) is 18.1 Å². The third-order valence-corrected chi connectivity index (χ3v) is 4.51. The summed E-state index contributed by atoms with van der Waals surface area (Å²) >= 11 is 0. The Morgan fingerprint density at radius 2 is 1.36 bits per heavy atom. The van der Waals surface area contributed by atoms with E-state index >= 15 is 0 Å². The highest BCUT2D eigenvalue weighted by molar-refractivity contribution is 6.01. The molecule has 0 radical (unpaired) electrons. The van der Waals surface area contributed by atoms with E-state index in [0.717, 1.165) is 22.6 Å². The third kappa shape index (κ3) is 3.01. The summed E-state index contributed by atoms with van der Waals surface area (Å²) in [6.45, 7) is 1.07. The lowest BCUT2D eigenvalue weighted by Gasteiger charge is -2.32. The number of carbonyl (C=O) groups excluding carboxylic acids is 1. The monoisotopic (exact) mass is 329 g/mol. The molecule has 3 aromatic rings. The van der Waals surface area contributed by atoms with E-state index in [9.17, 15) is 4.79 Å². The molecule has 4 rings (SSSR count). The van der Waals surface area contributed by atoms with Crippen molar-refractivity contribution in [3.63, 3.8) is 0 Å². The maximum Gasteiger partial charge on any atom is 0.239 e. The molecule has 3 nitrogen and oxygen atoms in total. The van der Waals surface area contributed by atoms with Gasteiger partial charge in [0.2, 0.25) is 5.91 Å². The van der Waals surface area contributed by atoms with Gasteiger partial charge in [-0.25, -0.2) is 0 Å². The van der Waals surface area contributed by atoms with E-state index in [1.165, 1.54) is 0 Å². The third-order valence-electron chi connectivity index (χ3n) is 4.51. The van der Waals surface area contributed by atoms with Crippen LogP contribution in [-0.4, -0.2) is 19.1 Å². The van der Waals surface area contributed by atoms with Crippen LogP contribution in [0.3, 0.4) is 0 Å². The van der Waals surface area contributed by atoms with Crippen LogP contribution in [0.2, 0.25) is 0 Å². The van der Waals surface area contributed by atoms with Crippen LogP contribution in [0.15, 0.2) is 84.9 Å². The second kappa shape index (κ2) is 6.81. The van der Waals surface area contributed by atoms with Crippen LogP contribution in [0, 0.1) is 0 Å². The number of hydrogen-bond acceptors (Lipinski definition) is 2. The molecular formula is C22H19NO2. The highest BCUT2D eigenvalue weighted by Gasteiger charge is 2.31. The first-order chi connectivity index (χ1) is 12.3. The summed E-state index contributed by atoms with van der Waals surface area (Å²) in [7, 11) is 0. The summed E-state index contributed by atoms with van der Waals surface area (Å²) in [6, 6.07) is 27.6. The van der Waals surface area contributed by atoms with Crippen molar-refractivity contribution in [1.29, 1.82) is 0 Å². The van der Waals surface area contributed by atoms with E-state index in [2.05, 4.69) is 0 Å². The largest absolute Gasteiger partial charge is 0.490 e. The number of carbonyl (C=O) groups is 1. The van der Waals surface area contributed by atoms with Crippen LogP contribution in [0.1, 0.15) is 17.0 Å². The molecule has 3 heteroatoms. The Morgan fingerprint density at radius 1 is 0.800 bits per heavy atom. The van der Waals surface area contributed by atoms with Gasteiger partial charge in [-0.15, -0.1) is 0 Å². The molecule has 3 aromatic carbocycles. The average Bonchev–Trinajstić information content (AvgIpc) is 2.69. The lowest BCUT2D eigenvalue weighted by atomic mass is 9.89. The summed E-state index contributed by atoms with van der Waals surface area (Å²) < 4.78 is 5.70. The van der Waals surface area contributed by atoms with Crippen molar-refractivity contribution >= 4 is 11.6 Å². The van der Waals surface area contributed by atoms with Crippen LogP contribution in [0.5, 0.6) is 5.75 Å². The van der Waals surface area contributed by atoms with E-state index < -0.39 is 0 Å². The smallest absolute Gasteiger partial charge is 0.239 e. The lowest BCUT2D eigenvalue weighted by molar-refractivity contribution is -0.119. The number of rotatable bonds is 3. The minimum Gasteiger partial charge on any atom is -0.490 e. The Morgan fingerprint density at radius 3 is 2.00 bits per heavy atom. The predicted molar refractivity (Wildman–Crippen MR) is 99.0 cm³/mol. The van der Waals surface area contributed by atoms with Gasteiger partial charge >= 0.3 is 0 Å². The summed E-state index contributed by atoms with van der Waals surface area (Å²) in [4.78, 5) is 15.4. The minimum absolute atomic E-state index is 0.0770. The zero-order valence-electron chi connectivity index (χ0n) is 13.8. The molecular weight excluding hydrogens is 310 g/mol. The topological polar surface area (TPSA) is 29.5 Å². The van der Waals surface area contributed by atoms with Crippen LogP contribution in [0.25, 0.3) is 0 Å². The quantitative estimate of drug-likeness (QED) is 0.719. The fraction of sp³-hybridized carbons (Fsp3) is 0.136. The summed E-state index contributed by atoms with van der Waals surface area (Å²) in [6.07, 6.45) is 0. The van der Waals surface area contributed by atoms with Crippen LogP contribution < -0.4 is 9.64 Å². The Bertz CT molecular complexity index is 822. The van der Waals surface area contributed by atoms with Gasteiger partial charge in [-0.2, -0.15) is 0 Å². The number of para-hydroxylation sites is 2. The number of ether oxygens (including phenoxy) is 1. The summed E-state index contributed by atoms with van der Waals surface area (Å²) in [5, 5.41) is 0. The normalized spacial score (nSPS) is 13.2. The molecule has 1 aliphatic rings. The van der Waals surface area contributed by atoms with E-state index in [-0.39, 0.29) is 11.8 Å². The first kappa shape index (κ1) is 15.5. The first-order valence-electron chi connectivity index (χ1n) is 8.48. The van der Waals surface area contributed by atoms with Crippen LogP contribution in [-0.2, 0) is 4.79 Å². The molecule has 0 fully saturated rings. The molecule has 0 aromatic heterocycles. The van der Waals surface area contributed by atoms with E-state index in [1.807, 2.05) is 89.8 Å². The van der Waals surface area contributed by atoms with Gasteiger partial charge in [-0.05, 0) is 23.3 Å². The Hall–Kier alpha value is -3.07. The fourth-order valence-electron chi connectivity index (χ4n) is 3.32. The van der Waals surface area contributed by atoms with E-state index in [0.29, 0.717) is 13.2 Å². The number of benzene rings is 3. The molecule has 0 unspecified atom stereocenters. The highest BCUT2D eigenvalue weighted by Crippen LogP contribution is 2.35. The van der Waals surface area contributed by atoms with Gasteiger partial charge in [0.25, 0.3) is 0 Å². The number of fused-ring (bicyclic) bond motifs is 1. The number of hydrogen-bond donors (Lipinski definition) is 0. The maximum absolute atomic E-state index is 13.5. The zero-order valence-corrected chi connectivity index (χ0v) is 13.8. The van der Waals surface area contributed by atoms with Crippen molar-refractivity contribution < 1.29 is 9.53 Å². The Labute approximate surface area is 147 Å². The molecule has 0 saturated carbocycles. The van der Waals surface area contributed by atoms with Crippen molar-refractivity contribution in [1.82, 2.24) is 0 Å². The number of anilines is 1. The standard InChI is InChI=1S/C22H19NO2/c24-22(23-15-16-25-20-14-8-7-13-19(20)23)21(17-9-3-1-4-10-17)18-11-5-2-6-12-18/h1-14,21H,15-16H2. The fourth-order valence-corrected chi connectivity index (χ4v) is 3.32. The van der Waals surface area contributed by atoms with E-state index in [4.69, 9.17) is 4.74 Å². The molecule has 0 N–H and O–H groups in total. The second-order valence-electron chi connectivity index (χ2n) is 6.06. The molecule has 0 saturated heterocycles. The van der Waals surface area contributed by atoms with Gasteiger partial charge in [-0.3, -0.25) is 4.79 Å². The second-order valence-corrected chi connectivity index (χ2v) is 6.06. The summed E-state index contributed by atoms with van der Waals surface area (Å²) in [5.74, 6) is 0.517. The Kier molecular flexibility index (Phi) is 4.21. The molecule has 0 spiro atoms. The summed E-state index contributed by atoms with van der Waals surface area (Å²) in [5.41, 5.74) is 2.85. The highest BCUT2D eigenvalue weighted by atomic mass is 16.5. The molecule has 0 aliphatic carbocycles. The van der Waals surface area contributed by atoms with Crippen molar-refractivity contribution in [2.24, 2.45) is 0 Å². The molecule has 124 valence electrons. The molecule has 1 heterocycles. The molecule has 0 atom stereocenters.